The molecule has 0 aromatic heterocycles. The van der Waals surface area contributed by atoms with Crippen molar-refractivity contribution in [3.63, 3.8) is 0 Å². The topological polar surface area (TPSA) is 0 Å². The molecule has 0 aliphatic heterocycles. The molecule has 0 atom stereocenters. The molecular weight excluding hydrogens is 231 g/mol. The molecule has 82 valence electrons. The smallest absolute Gasteiger partial charge is 0.0180 e. The minimum absolute atomic E-state index is 0. The summed E-state index contributed by atoms with van der Waals surface area (Å²) >= 11 is 4.03. The van der Waals surface area contributed by atoms with Crippen molar-refractivity contribution in [3.05, 3.63) is 30.3 Å². The van der Waals surface area contributed by atoms with Gasteiger partial charge in [-0.2, -0.15) is 0 Å². The zero-order valence-corrected chi connectivity index (χ0v) is 7.99. The zero-order valence-electron chi connectivity index (χ0n) is 6.28. The van der Waals surface area contributed by atoms with E-state index in [0.29, 0.717) is 0 Å². The van der Waals surface area contributed by atoms with Gasteiger partial charge < -0.3 is 0 Å². The molecule has 0 spiro atoms. The first-order valence-electron chi connectivity index (χ1n) is 2.30. The van der Waals surface area contributed by atoms with Crippen molar-refractivity contribution < 1.29 is 23.5 Å². The van der Waals surface area contributed by atoms with Crippen LogP contribution in [0, 0.1) is 0 Å². The van der Waals surface area contributed by atoms with Crippen LogP contribution in [0.4, 0.5) is 23.5 Å². The van der Waals surface area contributed by atoms with Gasteiger partial charge in [0.15, 0.2) is 0 Å². The van der Waals surface area contributed by atoms with Crippen LogP contribution in [0.5, 0.6) is 0 Å². The van der Waals surface area contributed by atoms with Gasteiger partial charge in [-0.25, -0.2) is 0 Å². The van der Waals surface area contributed by atoms with E-state index in [0.717, 1.165) is 0 Å². The molecule has 0 radical (unpaired) electrons. The van der Waals surface area contributed by atoms with E-state index >= 15 is 0 Å². The van der Waals surface area contributed by atoms with Gasteiger partial charge in [-0.05, 0) is 12.1 Å². The Balaban J connectivity index is -0.0000000427. The van der Waals surface area contributed by atoms with E-state index in [1.54, 1.807) is 0 Å². The molecular formula is C6H11F5S2. The molecule has 0 nitrogen and oxygen atoms in total. The Morgan fingerprint density at radius 2 is 1.15 bits per heavy atom. The molecule has 0 saturated carbocycles. The molecule has 0 unspecified atom stereocenters. The number of thiol groups is 1. The van der Waals surface area contributed by atoms with Crippen molar-refractivity contribution in [2.45, 2.75) is 4.90 Å². The molecule has 7 heteroatoms. The van der Waals surface area contributed by atoms with Gasteiger partial charge in [0, 0.05) is 4.90 Å². The first-order chi connectivity index (χ1) is 3.93. The van der Waals surface area contributed by atoms with Crippen LogP contribution in [0.2, 0.25) is 0 Å². The summed E-state index contributed by atoms with van der Waals surface area (Å²) in [7, 11) is 1.46. The highest BCUT2D eigenvalue weighted by Crippen LogP contribution is 2.19. The summed E-state index contributed by atoms with van der Waals surface area (Å²) in [5, 5.41) is 0. The van der Waals surface area contributed by atoms with Crippen LogP contribution in [0.3, 0.4) is 0 Å². The van der Waals surface area contributed by atoms with Gasteiger partial charge in [0.25, 0.3) is 0 Å². The van der Waals surface area contributed by atoms with Crippen LogP contribution in [-0.2, 0) is 0 Å². The molecule has 1 rings (SSSR count). The molecule has 0 aliphatic carbocycles. The van der Waals surface area contributed by atoms with E-state index in [4.69, 9.17) is 0 Å². The van der Waals surface area contributed by atoms with E-state index in [9.17, 15) is 0 Å². The van der Waals surface area contributed by atoms with E-state index < -0.39 is 0 Å². The normalized spacial score (nSPS) is 5.62. The van der Waals surface area contributed by atoms with Crippen LogP contribution in [0.25, 0.3) is 0 Å². The maximum Gasteiger partial charge on any atom is 0.0180 e. The zero-order chi connectivity index (χ0) is 5.82. The molecule has 0 fully saturated rings. The quantitative estimate of drug-likeness (QED) is 0.447. The largest absolute Gasteiger partial charge is 0.269 e. The monoisotopic (exact) mass is 242 g/mol. The summed E-state index contributed by atoms with van der Waals surface area (Å²) in [6, 6.07) is 10.0. The lowest BCUT2D eigenvalue weighted by molar-refractivity contribution is 1.11. The Hall–Kier alpha value is -0.430. The Morgan fingerprint density at radius 1 is 0.769 bits per heavy atom. The van der Waals surface area contributed by atoms with E-state index in [-0.39, 0.29) is 23.5 Å². The van der Waals surface area contributed by atoms with Gasteiger partial charge in [0.05, 0.1) is 0 Å². The second kappa shape index (κ2) is 17.6. The number of benzene rings is 1. The Bertz CT molecular complexity index is 160. The first-order valence-corrected chi connectivity index (χ1v) is 4.17. The number of rotatable bonds is 1. The molecule has 13 heavy (non-hydrogen) atoms. The lowest BCUT2D eigenvalue weighted by atomic mass is 10.4. The van der Waals surface area contributed by atoms with Crippen LogP contribution >= 0.6 is 22.5 Å². The van der Waals surface area contributed by atoms with Crippen molar-refractivity contribution in [2.24, 2.45) is 0 Å². The Kier molecular flexibility index (Phi) is 39.8. The van der Waals surface area contributed by atoms with E-state index in [1.807, 2.05) is 30.3 Å². The molecule has 0 N–H and O–H groups in total. The lowest BCUT2D eigenvalue weighted by Gasteiger charge is -1.88. The average molecular weight is 242 g/mol. The standard InChI is InChI=1S/C6H6S2.5FH/c7-8-6-4-2-1-3-5-6;;;;;/h1-5,7H;5*1H. The highest BCUT2D eigenvalue weighted by atomic mass is 33.1. The summed E-state index contributed by atoms with van der Waals surface area (Å²) in [4.78, 5) is 1.19. The van der Waals surface area contributed by atoms with Crippen molar-refractivity contribution in [3.8, 4) is 0 Å². The maximum absolute atomic E-state index is 4.03. The van der Waals surface area contributed by atoms with Crippen LogP contribution in [-0.4, -0.2) is 0 Å². The second-order valence-corrected chi connectivity index (χ2v) is 2.61. The predicted octanol–water partition coefficient (Wildman–Crippen LogP) is 3.39. The highest BCUT2D eigenvalue weighted by Gasteiger charge is 1.81. The first kappa shape index (κ1) is 29.4. The molecule has 1 aromatic rings. The van der Waals surface area contributed by atoms with Crippen molar-refractivity contribution in [1.82, 2.24) is 0 Å². The molecule has 1 aromatic carbocycles. The third-order valence-electron chi connectivity index (χ3n) is 0.849. The van der Waals surface area contributed by atoms with Gasteiger partial charge in [0.1, 0.15) is 0 Å². The van der Waals surface area contributed by atoms with Crippen molar-refractivity contribution in [1.29, 1.82) is 0 Å². The van der Waals surface area contributed by atoms with Crippen LogP contribution in [0.15, 0.2) is 35.2 Å². The Labute approximate surface area is 81.8 Å². The average Bonchev–Trinajstić information content (AvgIpc) is 1.90. The molecule has 0 bridgehead atoms. The van der Waals surface area contributed by atoms with Gasteiger partial charge >= 0.3 is 0 Å². The molecule has 0 amide bonds. The van der Waals surface area contributed by atoms with Gasteiger partial charge in [-0.3, -0.25) is 23.5 Å². The van der Waals surface area contributed by atoms with E-state index in [1.165, 1.54) is 15.7 Å². The fourth-order valence-electron chi connectivity index (χ4n) is 0.481. The summed E-state index contributed by atoms with van der Waals surface area (Å²) in [5.74, 6) is 0. The summed E-state index contributed by atoms with van der Waals surface area (Å²) in [6.45, 7) is 0. The summed E-state index contributed by atoms with van der Waals surface area (Å²) in [6.07, 6.45) is 0. The van der Waals surface area contributed by atoms with Crippen LogP contribution < -0.4 is 0 Å². The minimum Gasteiger partial charge on any atom is -0.269 e. The molecule has 0 heterocycles. The fourth-order valence-corrected chi connectivity index (χ4v) is 1.13. The predicted molar refractivity (Wildman–Crippen MR) is 53.8 cm³/mol. The lowest BCUT2D eigenvalue weighted by Crippen LogP contribution is -1.60. The maximum atomic E-state index is 4.03. The van der Waals surface area contributed by atoms with Crippen molar-refractivity contribution in [2.75, 3.05) is 0 Å². The SMILES string of the molecule is F.F.F.F.F.SSc1ccccc1. The molecule has 0 aliphatic rings. The summed E-state index contributed by atoms with van der Waals surface area (Å²) in [5.41, 5.74) is 0. The third-order valence-corrected chi connectivity index (χ3v) is 1.96. The van der Waals surface area contributed by atoms with Crippen LogP contribution in [0.1, 0.15) is 0 Å². The number of hydrogen-bond acceptors (Lipinski definition) is 2. The molecule has 0 saturated heterocycles. The number of hydrogen-bond donors (Lipinski definition) is 1. The minimum atomic E-state index is 0. The van der Waals surface area contributed by atoms with Gasteiger partial charge in [0.2, 0.25) is 0 Å². The fraction of sp³-hybridized carbons (Fsp3) is 0. The highest BCUT2D eigenvalue weighted by molar-refractivity contribution is 8.68. The van der Waals surface area contributed by atoms with Crippen molar-refractivity contribution >= 4 is 22.5 Å². The third kappa shape index (κ3) is 11.6. The van der Waals surface area contributed by atoms with Gasteiger partial charge in [-0.1, -0.05) is 29.0 Å². The Morgan fingerprint density at radius 3 is 1.38 bits per heavy atom. The van der Waals surface area contributed by atoms with Gasteiger partial charge in [-0.15, -0.1) is 11.7 Å². The number of halogens is 5. The second-order valence-electron chi connectivity index (χ2n) is 1.40. The summed E-state index contributed by atoms with van der Waals surface area (Å²) < 4.78 is 0. The van der Waals surface area contributed by atoms with E-state index in [2.05, 4.69) is 11.7 Å².